The Kier molecular flexibility index (Phi) is 17.2. The maximum Gasteiger partial charge on any atom is 0.305 e. The molecule has 23 heavy (non-hydrogen) atoms. The van der Waals surface area contributed by atoms with E-state index in [-0.39, 0.29) is 19.2 Å². The van der Waals surface area contributed by atoms with Gasteiger partial charge >= 0.3 is 5.97 Å². The molecule has 0 amide bonds. The fourth-order valence-corrected chi connectivity index (χ4v) is 2.56. The molecule has 0 rings (SSSR count). The van der Waals surface area contributed by atoms with E-state index < -0.39 is 0 Å². The zero-order valence-electron chi connectivity index (χ0n) is 15.0. The first-order chi connectivity index (χ1) is 11.2. The minimum atomic E-state index is -0.138. The summed E-state index contributed by atoms with van der Waals surface area (Å²) in [4.78, 5) is 13.5. The molecule has 0 aromatic carbocycles. The zero-order chi connectivity index (χ0) is 17.2. The largest absolute Gasteiger partial charge is 0.464 e. The second-order valence-electron chi connectivity index (χ2n) is 6.09. The van der Waals surface area contributed by atoms with Crippen LogP contribution >= 0.6 is 0 Å². The van der Waals surface area contributed by atoms with Crippen LogP contribution in [-0.4, -0.2) is 60.5 Å². The smallest absolute Gasteiger partial charge is 0.305 e. The van der Waals surface area contributed by atoms with Crippen molar-refractivity contribution in [3.63, 3.8) is 0 Å². The molecule has 0 fully saturated rings. The van der Waals surface area contributed by atoms with Gasteiger partial charge in [0.2, 0.25) is 0 Å². The normalized spacial score (nSPS) is 11.1. The summed E-state index contributed by atoms with van der Waals surface area (Å²) in [5, 5.41) is 17.8. The van der Waals surface area contributed by atoms with Crippen molar-refractivity contribution in [2.24, 2.45) is 0 Å². The van der Waals surface area contributed by atoms with Crippen LogP contribution in [0.25, 0.3) is 0 Å². The molecule has 0 aliphatic heterocycles. The van der Waals surface area contributed by atoms with Crippen molar-refractivity contribution >= 4 is 5.97 Å². The summed E-state index contributed by atoms with van der Waals surface area (Å²) < 4.78 is 5.19. The number of carbonyl (C=O) groups is 1. The van der Waals surface area contributed by atoms with E-state index in [2.05, 4.69) is 6.92 Å². The predicted octanol–water partition coefficient (Wildman–Crippen LogP) is 2.74. The second kappa shape index (κ2) is 17.7. The highest BCUT2D eigenvalue weighted by Gasteiger charge is 2.06. The maximum absolute atomic E-state index is 11.6. The molecule has 0 atom stereocenters. The fraction of sp³-hybridized carbons (Fsp3) is 0.944. The number of hydrogen-bond acceptors (Lipinski definition) is 5. The van der Waals surface area contributed by atoms with Crippen LogP contribution < -0.4 is 0 Å². The molecule has 0 radical (unpaired) electrons. The lowest BCUT2D eigenvalue weighted by molar-refractivity contribution is -0.144. The first kappa shape index (κ1) is 22.4. The van der Waals surface area contributed by atoms with Gasteiger partial charge in [-0.15, -0.1) is 0 Å². The molecule has 138 valence electrons. The molecule has 0 aromatic rings. The Balaban J connectivity index is 3.39. The Labute approximate surface area is 142 Å². The van der Waals surface area contributed by atoms with Gasteiger partial charge in [-0.25, -0.2) is 0 Å². The zero-order valence-corrected chi connectivity index (χ0v) is 15.0. The Bertz CT molecular complexity index is 255. The topological polar surface area (TPSA) is 70.0 Å². The Morgan fingerprint density at radius 3 is 1.87 bits per heavy atom. The van der Waals surface area contributed by atoms with Crippen LogP contribution in [0.2, 0.25) is 0 Å². The number of aliphatic hydroxyl groups is 2. The van der Waals surface area contributed by atoms with Gasteiger partial charge in [-0.1, -0.05) is 58.3 Å². The number of carbonyl (C=O) groups excluding carboxylic acids is 1. The third-order valence-corrected chi connectivity index (χ3v) is 3.99. The molecule has 0 aliphatic rings. The highest BCUT2D eigenvalue weighted by molar-refractivity contribution is 5.69. The van der Waals surface area contributed by atoms with Gasteiger partial charge in [0.25, 0.3) is 0 Å². The first-order valence-electron chi connectivity index (χ1n) is 9.34. The maximum atomic E-state index is 11.6. The average Bonchev–Trinajstić information content (AvgIpc) is 2.53. The molecule has 0 saturated carbocycles. The summed E-state index contributed by atoms with van der Waals surface area (Å²) in [6, 6.07) is 0. The Hall–Kier alpha value is -0.650. The van der Waals surface area contributed by atoms with Gasteiger partial charge in [0, 0.05) is 26.1 Å². The van der Waals surface area contributed by atoms with Crippen LogP contribution in [0.15, 0.2) is 0 Å². The molecule has 0 spiro atoms. The lowest BCUT2D eigenvalue weighted by atomic mass is 10.1. The molecule has 2 N–H and O–H groups in total. The lowest BCUT2D eigenvalue weighted by Crippen LogP contribution is -2.33. The molecule has 0 unspecified atom stereocenters. The number of esters is 1. The van der Waals surface area contributed by atoms with E-state index in [0.29, 0.717) is 32.7 Å². The summed E-state index contributed by atoms with van der Waals surface area (Å²) in [7, 11) is 0. The summed E-state index contributed by atoms with van der Waals surface area (Å²) in [5.41, 5.74) is 0. The van der Waals surface area contributed by atoms with Crippen molar-refractivity contribution in [2.75, 3.05) is 39.5 Å². The quantitative estimate of drug-likeness (QED) is 0.317. The fourth-order valence-electron chi connectivity index (χ4n) is 2.56. The minimum Gasteiger partial charge on any atom is -0.464 e. The van der Waals surface area contributed by atoms with E-state index in [9.17, 15) is 4.79 Å². The third kappa shape index (κ3) is 16.0. The van der Waals surface area contributed by atoms with Gasteiger partial charge in [-0.05, 0) is 6.42 Å². The first-order valence-corrected chi connectivity index (χ1v) is 9.34. The summed E-state index contributed by atoms with van der Waals surface area (Å²) >= 11 is 0. The molecule has 0 aliphatic carbocycles. The van der Waals surface area contributed by atoms with Crippen molar-refractivity contribution in [3.05, 3.63) is 0 Å². The van der Waals surface area contributed by atoms with Crippen LogP contribution in [0.1, 0.15) is 71.1 Å². The van der Waals surface area contributed by atoms with E-state index in [0.717, 1.165) is 12.8 Å². The molecule has 0 aromatic heterocycles. The second-order valence-corrected chi connectivity index (χ2v) is 6.09. The van der Waals surface area contributed by atoms with Crippen molar-refractivity contribution in [2.45, 2.75) is 71.1 Å². The number of unbranched alkanes of at least 4 members (excludes halogenated alkanes) is 8. The number of ether oxygens (including phenoxy) is 1. The lowest BCUT2D eigenvalue weighted by Gasteiger charge is -2.19. The van der Waals surface area contributed by atoms with Gasteiger partial charge in [0.15, 0.2) is 0 Å². The third-order valence-electron chi connectivity index (χ3n) is 3.99. The average molecular weight is 331 g/mol. The summed E-state index contributed by atoms with van der Waals surface area (Å²) in [6.45, 7) is 4.21. The number of nitrogens with zero attached hydrogens (tertiary/aromatic N) is 1. The molecule has 0 heterocycles. The van der Waals surface area contributed by atoms with Crippen molar-refractivity contribution in [3.8, 4) is 0 Å². The van der Waals surface area contributed by atoms with E-state index in [1.807, 2.05) is 4.90 Å². The van der Waals surface area contributed by atoms with Gasteiger partial charge in [0.05, 0.1) is 13.2 Å². The molecule has 0 saturated heterocycles. The van der Waals surface area contributed by atoms with E-state index in [1.54, 1.807) is 0 Å². The minimum absolute atomic E-state index is 0.0480. The van der Waals surface area contributed by atoms with E-state index in [4.69, 9.17) is 14.9 Å². The van der Waals surface area contributed by atoms with Crippen molar-refractivity contribution < 1.29 is 19.7 Å². The summed E-state index contributed by atoms with van der Waals surface area (Å²) in [5.74, 6) is -0.138. The summed E-state index contributed by atoms with van der Waals surface area (Å²) in [6.07, 6.45) is 11.6. The molecule has 5 nitrogen and oxygen atoms in total. The van der Waals surface area contributed by atoms with Gasteiger partial charge in [-0.2, -0.15) is 0 Å². The van der Waals surface area contributed by atoms with Crippen molar-refractivity contribution in [1.82, 2.24) is 4.90 Å². The van der Waals surface area contributed by atoms with Crippen molar-refractivity contribution in [1.29, 1.82) is 0 Å². The van der Waals surface area contributed by atoms with Crippen LogP contribution in [0, 0.1) is 0 Å². The Morgan fingerprint density at radius 2 is 1.35 bits per heavy atom. The highest BCUT2D eigenvalue weighted by atomic mass is 16.5. The highest BCUT2D eigenvalue weighted by Crippen LogP contribution is 2.10. The van der Waals surface area contributed by atoms with Crippen LogP contribution in [0.4, 0.5) is 0 Å². The molecule has 5 heteroatoms. The standard InChI is InChI=1S/C18H37NO4/c1-2-3-4-5-6-7-8-9-10-11-18(22)23-17-14-19(12-15-20)13-16-21/h20-21H,2-17H2,1H3. The van der Waals surface area contributed by atoms with Crippen LogP contribution in [0.5, 0.6) is 0 Å². The molecular formula is C18H37NO4. The van der Waals surface area contributed by atoms with Gasteiger partial charge < -0.3 is 14.9 Å². The monoisotopic (exact) mass is 331 g/mol. The van der Waals surface area contributed by atoms with E-state index >= 15 is 0 Å². The molecule has 0 bridgehead atoms. The number of hydrogen-bond donors (Lipinski definition) is 2. The van der Waals surface area contributed by atoms with E-state index in [1.165, 1.54) is 44.9 Å². The Morgan fingerprint density at radius 1 is 0.826 bits per heavy atom. The van der Waals surface area contributed by atoms with Gasteiger partial charge in [0.1, 0.15) is 6.61 Å². The van der Waals surface area contributed by atoms with Gasteiger partial charge in [-0.3, -0.25) is 9.69 Å². The predicted molar refractivity (Wildman–Crippen MR) is 93.4 cm³/mol. The van der Waals surface area contributed by atoms with Crippen LogP contribution in [0.3, 0.4) is 0 Å². The number of rotatable bonds is 17. The number of aliphatic hydroxyl groups excluding tert-OH is 2. The molecular weight excluding hydrogens is 294 g/mol. The van der Waals surface area contributed by atoms with Crippen LogP contribution in [-0.2, 0) is 9.53 Å². The SMILES string of the molecule is CCCCCCCCCCCC(=O)OCCN(CCO)CCO.